The van der Waals surface area contributed by atoms with Crippen molar-refractivity contribution in [3.63, 3.8) is 0 Å². The van der Waals surface area contributed by atoms with Crippen LogP contribution in [0.25, 0.3) is 22.5 Å². The number of nitrogens with two attached hydrogens (primary N) is 1. The van der Waals surface area contributed by atoms with Gasteiger partial charge in [-0.2, -0.15) is 10.1 Å². The molecule has 2 aromatic heterocycles. The molecule has 4 aromatic rings. The second-order valence-electron chi connectivity index (χ2n) is 15.0. The second-order valence-corrected chi connectivity index (χ2v) is 15.4. The summed E-state index contributed by atoms with van der Waals surface area (Å²) in [5, 5.41) is 9.77. The number of primary amides is 1. The number of aromatic nitrogens is 4. The molecular weight excluding hydrogens is 708 g/mol. The van der Waals surface area contributed by atoms with Crippen molar-refractivity contribution in [2.24, 2.45) is 17.6 Å². The van der Waals surface area contributed by atoms with Crippen LogP contribution >= 0.6 is 11.6 Å². The number of carbonyl (C=O) groups is 3. The number of hydrogen-bond acceptors (Lipinski definition) is 9. The minimum Gasteiger partial charge on any atom is -0.478 e. The van der Waals surface area contributed by atoms with Gasteiger partial charge in [0.15, 0.2) is 5.82 Å². The number of amides is 3. The van der Waals surface area contributed by atoms with Crippen molar-refractivity contribution in [2.75, 3.05) is 38.7 Å². The van der Waals surface area contributed by atoms with Gasteiger partial charge in [-0.1, -0.05) is 24.3 Å². The first-order valence-corrected chi connectivity index (χ1v) is 18.7. The van der Waals surface area contributed by atoms with E-state index in [0.717, 1.165) is 42.5 Å². The van der Waals surface area contributed by atoms with E-state index >= 15 is 0 Å². The zero-order chi connectivity index (χ0) is 38.8. The van der Waals surface area contributed by atoms with Crippen molar-refractivity contribution in [2.45, 2.75) is 70.9 Å². The fourth-order valence-corrected chi connectivity index (χ4v) is 6.65. The molecule has 0 aliphatic heterocycles. The molecule has 288 valence electrons. The highest BCUT2D eigenvalue weighted by atomic mass is 35.5. The first-order valence-electron chi connectivity index (χ1n) is 18.4. The van der Waals surface area contributed by atoms with Crippen LogP contribution in [0, 0.1) is 11.8 Å². The number of rotatable bonds is 15. The molecule has 13 nitrogen and oxygen atoms in total. The van der Waals surface area contributed by atoms with E-state index in [9.17, 15) is 14.4 Å². The molecule has 54 heavy (non-hydrogen) atoms. The molecule has 2 heterocycles. The SMILES string of the molecule is CN(C)CCCOc1ccc(-c2ccc(C[C@@H](C(N)=O)N(C(=O)C3CCC(CNC(=O)OC(C)(C)C)CC3)c3ccc(-c4n[nH]c(Cl)n4)cc3)cc2)cn1. The maximum Gasteiger partial charge on any atom is 0.407 e. The molecule has 0 bridgehead atoms. The van der Waals surface area contributed by atoms with E-state index in [2.05, 4.69) is 30.4 Å². The first-order chi connectivity index (χ1) is 25.8. The average Bonchev–Trinajstić information content (AvgIpc) is 3.58. The van der Waals surface area contributed by atoms with Crippen LogP contribution in [0.1, 0.15) is 58.4 Å². The van der Waals surface area contributed by atoms with Crippen molar-refractivity contribution in [3.8, 4) is 28.4 Å². The topological polar surface area (TPSA) is 169 Å². The zero-order valence-electron chi connectivity index (χ0n) is 31.7. The molecule has 2 aromatic carbocycles. The zero-order valence-corrected chi connectivity index (χ0v) is 32.4. The van der Waals surface area contributed by atoms with Crippen LogP contribution in [0.3, 0.4) is 0 Å². The molecule has 5 rings (SSSR count). The number of anilines is 1. The quantitative estimate of drug-likeness (QED) is 0.118. The fourth-order valence-electron chi connectivity index (χ4n) is 6.52. The summed E-state index contributed by atoms with van der Waals surface area (Å²) in [5.41, 5.74) is 9.47. The van der Waals surface area contributed by atoms with E-state index in [1.165, 1.54) is 0 Å². The van der Waals surface area contributed by atoms with Gasteiger partial charge in [0, 0.05) is 54.5 Å². The Morgan fingerprint density at radius 2 is 1.63 bits per heavy atom. The van der Waals surface area contributed by atoms with Gasteiger partial charge in [0.25, 0.3) is 0 Å². The Morgan fingerprint density at radius 3 is 2.20 bits per heavy atom. The van der Waals surface area contributed by atoms with Gasteiger partial charge in [-0.3, -0.25) is 14.5 Å². The molecular formula is C40H51ClN8O5. The van der Waals surface area contributed by atoms with Crippen LogP contribution in [0.4, 0.5) is 10.5 Å². The maximum atomic E-state index is 14.5. The standard InChI is InChI=1S/C40H51ClN8O5/c1-40(2,3)54-39(52)44-24-27-9-13-30(14-10-27)37(51)49(32-18-15-29(16-19-32)36-45-38(41)47-46-36)33(35(42)50)23-26-7-11-28(12-8-26)31-17-20-34(43-25-31)53-22-6-21-48(4)5/h7-8,11-12,15-20,25,27,30,33H,6,9-10,13-14,21-24H2,1-5H3,(H2,42,50)(H,44,52)(H,45,46,47)/t27?,30?,33-/m0/s1. The Hall–Kier alpha value is -5.01. The third kappa shape index (κ3) is 11.5. The molecule has 3 amide bonds. The Labute approximate surface area is 322 Å². The van der Waals surface area contributed by atoms with Crippen LogP contribution in [-0.2, 0) is 20.7 Å². The van der Waals surface area contributed by atoms with Gasteiger partial charge in [-0.15, -0.1) is 0 Å². The number of ether oxygens (including phenoxy) is 2. The van der Waals surface area contributed by atoms with Crippen molar-refractivity contribution < 1.29 is 23.9 Å². The van der Waals surface area contributed by atoms with Crippen LogP contribution in [0.2, 0.25) is 5.28 Å². The average molecular weight is 759 g/mol. The van der Waals surface area contributed by atoms with Gasteiger partial charge in [0.05, 0.1) is 6.61 Å². The third-order valence-electron chi connectivity index (χ3n) is 9.32. The number of aromatic amines is 1. The van der Waals surface area contributed by atoms with Crippen molar-refractivity contribution >= 4 is 35.2 Å². The molecule has 0 spiro atoms. The molecule has 1 atom stereocenters. The monoisotopic (exact) mass is 758 g/mol. The van der Waals surface area contributed by atoms with Crippen molar-refractivity contribution in [3.05, 3.63) is 77.7 Å². The maximum absolute atomic E-state index is 14.5. The lowest BCUT2D eigenvalue weighted by molar-refractivity contribution is -0.127. The summed E-state index contributed by atoms with van der Waals surface area (Å²) < 4.78 is 11.2. The van der Waals surface area contributed by atoms with Crippen LogP contribution in [0.5, 0.6) is 5.88 Å². The van der Waals surface area contributed by atoms with E-state index < -0.39 is 23.6 Å². The second kappa shape index (κ2) is 18.4. The molecule has 0 radical (unpaired) electrons. The van der Waals surface area contributed by atoms with Crippen molar-refractivity contribution in [1.82, 2.24) is 30.4 Å². The van der Waals surface area contributed by atoms with Crippen LogP contribution < -0.4 is 20.7 Å². The molecule has 1 aliphatic carbocycles. The Kier molecular flexibility index (Phi) is 13.7. The minimum atomic E-state index is -0.954. The highest BCUT2D eigenvalue weighted by Crippen LogP contribution is 2.33. The molecule has 1 aliphatic rings. The summed E-state index contributed by atoms with van der Waals surface area (Å²) in [4.78, 5) is 52.3. The Morgan fingerprint density at radius 1 is 0.963 bits per heavy atom. The minimum absolute atomic E-state index is 0.163. The highest BCUT2D eigenvalue weighted by Gasteiger charge is 2.36. The number of H-pyrrole nitrogens is 1. The molecule has 4 N–H and O–H groups in total. The summed E-state index contributed by atoms with van der Waals surface area (Å²) in [7, 11) is 4.06. The fraction of sp³-hybridized carbons (Fsp3) is 0.450. The predicted molar refractivity (Wildman–Crippen MR) is 209 cm³/mol. The van der Waals surface area contributed by atoms with Crippen LogP contribution in [0.15, 0.2) is 66.9 Å². The van der Waals surface area contributed by atoms with Gasteiger partial charge in [-0.25, -0.2) is 14.9 Å². The van der Waals surface area contributed by atoms with E-state index in [1.54, 1.807) is 35.4 Å². The summed E-state index contributed by atoms with van der Waals surface area (Å²) in [6.45, 7) is 7.47. The molecule has 14 heteroatoms. The number of carbonyl (C=O) groups excluding carboxylic acids is 3. The van der Waals surface area contributed by atoms with Crippen LogP contribution in [-0.4, -0.2) is 88.4 Å². The normalized spacial score (nSPS) is 16.4. The number of nitrogens with one attached hydrogen (secondary N) is 2. The van der Waals surface area contributed by atoms with Gasteiger partial charge < -0.3 is 25.4 Å². The number of alkyl carbamates (subject to hydrolysis) is 1. The third-order valence-corrected chi connectivity index (χ3v) is 9.49. The number of benzene rings is 2. The van der Waals surface area contributed by atoms with E-state index in [-0.39, 0.29) is 29.4 Å². The van der Waals surface area contributed by atoms with Gasteiger partial charge in [-0.05, 0) is 126 Å². The highest BCUT2D eigenvalue weighted by molar-refractivity contribution is 6.28. The summed E-state index contributed by atoms with van der Waals surface area (Å²) in [6, 6.07) is 17.8. The Bertz CT molecular complexity index is 1830. The van der Waals surface area contributed by atoms with E-state index in [0.29, 0.717) is 48.9 Å². The Balaban J connectivity index is 1.30. The van der Waals surface area contributed by atoms with E-state index in [1.807, 2.05) is 71.3 Å². The summed E-state index contributed by atoms with van der Waals surface area (Å²) in [5.74, 6) is 0.0831. The van der Waals surface area contributed by atoms with Gasteiger partial charge >= 0.3 is 6.09 Å². The van der Waals surface area contributed by atoms with Gasteiger partial charge in [0.2, 0.25) is 23.0 Å². The van der Waals surface area contributed by atoms with E-state index in [4.69, 9.17) is 26.8 Å². The summed E-state index contributed by atoms with van der Waals surface area (Å²) >= 11 is 5.95. The molecule has 0 unspecified atom stereocenters. The molecule has 1 saturated carbocycles. The number of hydrogen-bond donors (Lipinski definition) is 3. The number of pyridine rings is 1. The lowest BCUT2D eigenvalue weighted by Crippen LogP contribution is -2.52. The summed E-state index contributed by atoms with van der Waals surface area (Å²) in [6.07, 6.45) is 5.15. The number of halogens is 1. The first kappa shape index (κ1) is 40.2. The largest absolute Gasteiger partial charge is 0.478 e. The molecule has 0 saturated heterocycles. The lowest BCUT2D eigenvalue weighted by Gasteiger charge is -2.36. The number of nitrogens with zero attached hydrogens (tertiary/aromatic N) is 5. The van der Waals surface area contributed by atoms with Gasteiger partial charge in [0.1, 0.15) is 11.6 Å². The lowest BCUT2D eigenvalue weighted by atomic mass is 9.81. The van der Waals surface area contributed by atoms with Crippen molar-refractivity contribution in [1.29, 1.82) is 0 Å². The molecule has 1 fully saturated rings. The predicted octanol–water partition coefficient (Wildman–Crippen LogP) is 6.28. The smallest absolute Gasteiger partial charge is 0.407 e.